The van der Waals surface area contributed by atoms with E-state index in [0.717, 1.165) is 12.1 Å². The highest BCUT2D eigenvalue weighted by atomic mass is 32.1. The number of ether oxygens (including phenoxy) is 1. The summed E-state index contributed by atoms with van der Waals surface area (Å²) < 4.78 is 41.9. The summed E-state index contributed by atoms with van der Waals surface area (Å²) in [6, 6.07) is 3.11. The molecule has 0 saturated heterocycles. The number of nitrogens with zero attached hydrogens (tertiary/aromatic N) is 1. The van der Waals surface area contributed by atoms with Crippen molar-refractivity contribution >= 4 is 23.1 Å². The monoisotopic (exact) mass is 233 g/mol. The van der Waals surface area contributed by atoms with Gasteiger partial charge in [0.05, 0.1) is 23.5 Å². The Labute approximate surface area is 89.4 Å². The molecule has 2 nitrogen and oxygen atoms in total. The van der Waals surface area contributed by atoms with Gasteiger partial charge in [0.2, 0.25) is 0 Å². The van der Waals surface area contributed by atoms with Gasteiger partial charge in [-0.05, 0) is 24.4 Å². The number of hydrogen-bond donors (Lipinski definition) is 0. The fraction of sp³-hybridized carbons (Fsp3) is 0.222. The summed E-state index contributed by atoms with van der Waals surface area (Å²) in [5.41, 5.74) is -0.762. The molecule has 1 rings (SSSR count). The van der Waals surface area contributed by atoms with Crippen LogP contribution in [-0.2, 0) is 6.18 Å². The van der Waals surface area contributed by atoms with Crippen molar-refractivity contribution in [2.24, 2.45) is 4.99 Å². The van der Waals surface area contributed by atoms with E-state index < -0.39 is 11.7 Å². The van der Waals surface area contributed by atoms with Crippen LogP contribution in [0, 0.1) is 0 Å². The van der Waals surface area contributed by atoms with Crippen LogP contribution in [0.2, 0.25) is 0 Å². The Morgan fingerprint density at radius 1 is 1.33 bits per heavy atom. The van der Waals surface area contributed by atoms with E-state index in [-0.39, 0.29) is 11.4 Å². The van der Waals surface area contributed by atoms with Crippen LogP contribution >= 0.6 is 12.2 Å². The number of halogens is 3. The molecule has 0 aliphatic carbocycles. The Bertz CT molecular complexity index is 410. The van der Waals surface area contributed by atoms with Crippen molar-refractivity contribution in [2.45, 2.75) is 6.18 Å². The molecule has 0 saturated carbocycles. The molecular formula is C9H6F3NOS. The van der Waals surface area contributed by atoms with Crippen molar-refractivity contribution in [3.63, 3.8) is 0 Å². The smallest absolute Gasteiger partial charge is 0.416 e. The highest BCUT2D eigenvalue weighted by molar-refractivity contribution is 7.78. The van der Waals surface area contributed by atoms with Crippen LogP contribution in [0.3, 0.4) is 0 Å². The maximum Gasteiger partial charge on any atom is 0.416 e. The lowest BCUT2D eigenvalue weighted by Crippen LogP contribution is -2.04. The zero-order valence-corrected chi connectivity index (χ0v) is 8.45. The zero-order chi connectivity index (χ0) is 11.5. The van der Waals surface area contributed by atoms with Gasteiger partial charge in [0.1, 0.15) is 5.75 Å². The number of rotatable bonds is 2. The van der Waals surface area contributed by atoms with Gasteiger partial charge in [0.25, 0.3) is 0 Å². The van der Waals surface area contributed by atoms with Crippen molar-refractivity contribution in [1.29, 1.82) is 0 Å². The average molecular weight is 233 g/mol. The molecule has 1 aromatic rings. The van der Waals surface area contributed by atoms with Crippen molar-refractivity contribution < 1.29 is 17.9 Å². The van der Waals surface area contributed by atoms with E-state index >= 15 is 0 Å². The topological polar surface area (TPSA) is 21.6 Å². The van der Waals surface area contributed by atoms with E-state index in [1.807, 2.05) is 5.16 Å². The van der Waals surface area contributed by atoms with Gasteiger partial charge in [-0.1, -0.05) is 0 Å². The zero-order valence-electron chi connectivity index (χ0n) is 7.63. The van der Waals surface area contributed by atoms with Crippen molar-refractivity contribution in [2.75, 3.05) is 7.11 Å². The first-order chi connectivity index (χ1) is 6.97. The fourth-order valence-electron chi connectivity index (χ4n) is 0.982. The van der Waals surface area contributed by atoms with E-state index in [2.05, 4.69) is 17.2 Å². The molecule has 0 fully saturated rings. The summed E-state index contributed by atoms with van der Waals surface area (Å²) in [5, 5.41) is 2.00. The van der Waals surface area contributed by atoms with Crippen LogP contribution in [-0.4, -0.2) is 12.3 Å². The van der Waals surface area contributed by atoms with Crippen molar-refractivity contribution in [3.8, 4) is 5.75 Å². The lowest BCUT2D eigenvalue weighted by atomic mass is 10.2. The molecule has 0 atom stereocenters. The summed E-state index contributed by atoms with van der Waals surface area (Å²) in [6.07, 6.45) is -4.43. The molecule has 0 radical (unpaired) electrons. The molecule has 80 valence electrons. The number of hydrogen-bond acceptors (Lipinski definition) is 3. The second kappa shape index (κ2) is 4.42. The van der Waals surface area contributed by atoms with Gasteiger partial charge in [0.15, 0.2) is 0 Å². The van der Waals surface area contributed by atoms with Crippen molar-refractivity contribution in [1.82, 2.24) is 0 Å². The second-order valence-corrected chi connectivity index (χ2v) is 2.80. The van der Waals surface area contributed by atoms with Gasteiger partial charge >= 0.3 is 6.18 Å². The van der Waals surface area contributed by atoms with Crippen LogP contribution in [0.25, 0.3) is 0 Å². The predicted molar refractivity (Wildman–Crippen MR) is 52.7 cm³/mol. The van der Waals surface area contributed by atoms with E-state index in [1.54, 1.807) is 0 Å². The predicted octanol–water partition coefficient (Wildman–Crippen LogP) is 3.45. The lowest BCUT2D eigenvalue weighted by Gasteiger charge is -2.09. The third-order valence-corrected chi connectivity index (χ3v) is 1.72. The molecule has 0 spiro atoms. The minimum Gasteiger partial charge on any atom is -0.497 e. The number of thiocarbonyl (C=S) groups is 1. The number of aliphatic imine (C=N–C) groups is 1. The second-order valence-electron chi connectivity index (χ2n) is 2.62. The molecule has 0 aliphatic heterocycles. The molecule has 6 heteroatoms. The first kappa shape index (κ1) is 11.7. The molecule has 0 aliphatic rings. The van der Waals surface area contributed by atoms with Crippen molar-refractivity contribution in [3.05, 3.63) is 23.8 Å². The SMILES string of the molecule is COc1cc(N=C=S)cc(C(F)(F)F)c1. The van der Waals surface area contributed by atoms with Crippen LogP contribution in [0.5, 0.6) is 5.75 Å². The highest BCUT2D eigenvalue weighted by Crippen LogP contribution is 2.34. The molecule has 0 bridgehead atoms. The molecule has 0 N–H and O–H groups in total. The van der Waals surface area contributed by atoms with Gasteiger partial charge in [-0.2, -0.15) is 18.2 Å². The molecule has 1 aromatic carbocycles. The van der Waals surface area contributed by atoms with Gasteiger partial charge < -0.3 is 4.74 Å². The molecular weight excluding hydrogens is 227 g/mol. The number of methoxy groups -OCH3 is 1. The molecule has 15 heavy (non-hydrogen) atoms. The standard InChI is InChI=1S/C9H6F3NOS/c1-14-8-3-6(9(10,11)12)2-7(4-8)13-5-15/h2-4H,1H3. The quantitative estimate of drug-likeness (QED) is 0.576. The fourth-order valence-corrected chi connectivity index (χ4v) is 1.09. The minimum absolute atomic E-state index is 0.0664. The molecule has 0 heterocycles. The summed E-state index contributed by atoms with van der Waals surface area (Å²) >= 11 is 4.31. The van der Waals surface area contributed by atoms with Crippen LogP contribution in [0.4, 0.5) is 18.9 Å². The summed E-state index contributed by atoms with van der Waals surface area (Å²) in [5.74, 6) is 0.0776. The third kappa shape index (κ3) is 3.04. The van der Waals surface area contributed by atoms with Crippen LogP contribution < -0.4 is 4.74 Å². The Kier molecular flexibility index (Phi) is 3.44. The molecule has 0 amide bonds. The Morgan fingerprint density at radius 3 is 2.47 bits per heavy atom. The first-order valence-corrected chi connectivity index (χ1v) is 4.22. The normalized spacial score (nSPS) is 10.7. The average Bonchev–Trinajstić information content (AvgIpc) is 2.16. The number of isothiocyanates is 1. The van der Waals surface area contributed by atoms with E-state index in [1.165, 1.54) is 13.2 Å². The number of benzene rings is 1. The largest absolute Gasteiger partial charge is 0.497 e. The maximum atomic E-state index is 12.4. The Balaban J connectivity index is 3.29. The third-order valence-electron chi connectivity index (χ3n) is 1.63. The van der Waals surface area contributed by atoms with Gasteiger partial charge in [-0.25, -0.2) is 0 Å². The number of alkyl halides is 3. The Hall–Kier alpha value is -1.39. The van der Waals surface area contributed by atoms with Gasteiger partial charge in [-0.3, -0.25) is 0 Å². The summed E-state index contributed by atoms with van der Waals surface area (Å²) in [4.78, 5) is 3.47. The maximum absolute atomic E-state index is 12.4. The van der Waals surface area contributed by atoms with Crippen LogP contribution in [0.1, 0.15) is 5.56 Å². The summed E-state index contributed by atoms with van der Waals surface area (Å²) in [7, 11) is 1.28. The van der Waals surface area contributed by atoms with E-state index in [0.29, 0.717) is 0 Å². The van der Waals surface area contributed by atoms with Gasteiger partial charge in [0, 0.05) is 6.07 Å². The minimum atomic E-state index is -4.43. The van der Waals surface area contributed by atoms with Gasteiger partial charge in [-0.15, -0.1) is 0 Å². The van der Waals surface area contributed by atoms with E-state index in [9.17, 15) is 13.2 Å². The summed E-state index contributed by atoms with van der Waals surface area (Å²) in [6.45, 7) is 0. The lowest BCUT2D eigenvalue weighted by molar-refractivity contribution is -0.137. The molecule has 0 unspecified atom stereocenters. The highest BCUT2D eigenvalue weighted by Gasteiger charge is 2.31. The Morgan fingerprint density at radius 2 is 2.00 bits per heavy atom. The van der Waals surface area contributed by atoms with E-state index in [4.69, 9.17) is 4.74 Å². The molecule has 0 aromatic heterocycles. The first-order valence-electron chi connectivity index (χ1n) is 3.81. The van der Waals surface area contributed by atoms with Crippen LogP contribution in [0.15, 0.2) is 23.2 Å².